The minimum absolute atomic E-state index is 0.406. The van der Waals surface area contributed by atoms with E-state index in [-0.39, 0.29) is 0 Å². The molecular weight excluding hydrogens is 142 g/mol. The van der Waals surface area contributed by atoms with Gasteiger partial charge in [0.25, 0.3) is 0 Å². The summed E-state index contributed by atoms with van der Waals surface area (Å²) in [5, 5.41) is 2.37. The number of amides is 1. The maximum atomic E-state index is 9.96. The standard InChI is InChI=1S/C7H11N3O/c1-6(8-2)4-7(9-3)10-5-11/h4-5H,3H2,1-2H3,(H,10,11)/b7-4+,8-6?. The van der Waals surface area contributed by atoms with E-state index in [1.54, 1.807) is 20.0 Å². The zero-order valence-corrected chi connectivity index (χ0v) is 6.66. The summed E-state index contributed by atoms with van der Waals surface area (Å²) in [5.74, 6) is 0.406. The molecule has 0 aliphatic rings. The van der Waals surface area contributed by atoms with Gasteiger partial charge in [0.1, 0.15) is 5.82 Å². The molecule has 0 saturated carbocycles. The summed E-state index contributed by atoms with van der Waals surface area (Å²) in [4.78, 5) is 17.4. The molecular formula is C7H11N3O. The SMILES string of the molecule is C=N/C(=C\C(C)=NC)NC=O. The molecule has 1 N–H and O–H groups in total. The van der Waals surface area contributed by atoms with E-state index in [4.69, 9.17) is 0 Å². The highest BCUT2D eigenvalue weighted by Gasteiger charge is 1.89. The van der Waals surface area contributed by atoms with E-state index in [1.807, 2.05) is 0 Å². The van der Waals surface area contributed by atoms with Crippen LogP contribution < -0.4 is 5.32 Å². The lowest BCUT2D eigenvalue weighted by molar-refractivity contribution is -0.108. The maximum absolute atomic E-state index is 9.96. The second-order valence-electron chi connectivity index (χ2n) is 1.81. The number of allylic oxidation sites excluding steroid dienone is 1. The summed E-state index contributed by atoms with van der Waals surface area (Å²) >= 11 is 0. The highest BCUT2D eigenvalue weighted by molar-refractivity contribution is 5.93. The van der Waals surface area contributed by atoms with Gasteiger partial charge in [0, 0.05) is 18.8 Å². The topological polar surface area (TPSA) is 53.8 Å². The fraction of sp³-hybridized carbons (Fsp3) is 0.286. The van der Waals surface area contributed by atoms with Crippen LogP contribution >= 0.6 is 0 Å². The van der Waals surface area contributed by atoms with E-state index in [0.29, 0.717) is 12.2 Å². The van der Waals surface area contributed by atoms with Gasteiger partial charge in [0.2, 0.25) is 6.41 Å². The Kier molecular flexibility index (Phi) is 4.64. The van der Waals surface area contributed by atoms with Crippen molar-refractivity contribution in [1.82, 2.24) is 5.32 Å². The van der Waals surface area contributed by atoms with E-state index < -0.39 is 0 Å². The molecule has 0 aromatic rings. The average molecular weight is 153 g/mol. The second-order valence-corrected chi connectivity index (χ2v) is 1.81. The van der Waals surface area contributed by atoms with Crippen LogP contribution in [0.5, 0.6) is 0 Å². The van der Waals surface area contributed by atoms with Crippen LogP contribution in [0.15, 0.2) is 21.9 Å². The number of rotatable bonds is 4. The third-order valence-corrected chi connectivity index (χ3v) is 1.08. The number of nitrogens with one attached hydrogen (secondary N) is 1. The number of aliphatic imine (C=N–C) groups is 2. The largest absolute Gasteiger partial charge is 0.313 e. The summed E-state index contributed by atoms with van der Waals surface area (Å²) in [6, 6.07) is 0. The molecule has 60 valence electrons. The molecule has 0 rings (SSSR count). The Morgan fingerprint density at radius 3 is 2.64 bits per heavy atom. The summed E-state index contributed by atoms with van der Waals surface area (Å²) in [5.41, 5.74) is 0.779. The zero-order valence-electron chi connectivity index (χ0n) is 6.66. The van der Waals surface area contributed by atoms with Gasteiger partial charge in [-0.25, -0.2) is 4.99 Å². The maximum Gasteiger partial charge on any atom is 0.212 e. The molecule has 0 aromatic carbocycles. The number of nitrogens with zero attached hydrogens (tertiary/aromatic N) is 2. The van der Waals surface area contributed by atoms with Crippen molar-refractivity contribution in [3.05, 3.63) is 11.9 Å². The monoisotopic (exact) mass is 153 g/mol. The van der Waals surface area contributed by atoms with Crippen molar-refractivity contribution < 1.29 is 4.79 Å². The summed E-state index contributed by atoms with van der Waals surface area (Å²) in [6.45, 7) is 5.08. The van der Waals surface area contributed by atoms with E-state index in [1.165, 1.54) is 0 Å². The Morgan fingerprint density at radius 2 is 2.27 bits per heavy atom. The highest BCUT2D eigenvalue weighted by Crippen LogP contribution is 1.89. The van der Waals surface area contributed by atoms with Crippen molar-refractivity contribution in [3.63, 3.8) is 0 Å². The molecule has 0 fully saturated rings. The first kappa shape index (κ1) is 9.55. The van der Waals surface area contributed by atoms with E-state index >= 15 is 0 Å². The van der Waals surface area contributed by atoms with Crippen LogP contribution in [0.2, 0.25) is 0 Å². The third kappa shape index (κ3) is 4.02. The van der Waals surface area contributed by atoms with Crippen molar-refractivity contribution in [3.8, 4) is 0 Å². The van der Waals surface area contributed by atoms with Gasteiger partial charge >= 0.3 is 0 Å². The van der Waals surface area contributed by atoms with E-state index in [9.17, 15) is 4.79 Å². The predicted octanol–water partition coefficient (Wildman–Crippen LogP) is 0.365. The first-order valence-electron chi connectivity index (χ1n) is 3.06. The van der Waals surface area contributed by atoms with Gasteiger partial charge in [-0.15, -0.1) is 0 Å². The number of carbonyl (C=O) groups is 1. The van der Waals surface area contributed by atoms with Gasteiger partial charge in [-0.05, 0) is 13.6 Å². The van der Waals surface area contributed by atoms with Crippen LogP contribution in [-0.2, 0) is 4.79 Å². The first-order chi connectivity index (χ1) is 5.24. The fourth-order valence-electron chi connectivity index (χ4n) is 0.456. The molecule has 0 atom stereocenters. The third-order valence-electron chi connectivity index (χ3n) is 1.08. The van der Waals surface area contributed by atoms with E-state index in [0.717, 1.165) is 5.71 Å². The van der Waals surface area contributed by atoms with Crippen LogP contribution in [0.3, 0.4) is 0 Å². The second kappa shape index (κ2) is 5.34. The van der Waals surface area contributed by atoms with Crippen LogP contribution in [0, 0.1) is 0 Å². The minimum atomic E-state index is 0.406. The minimum Gasteiger partial charge on any atom is -0.313 e. The lowest BCUT2D eigenvalue weighted by Crippen LogP contribution is -2.09. The van der Waals surface area contributed by atoms with Gasteiger partial charge in [0.15, 0.2) is 0 Å². The Morgan fingerprint density at radius 1 is 1.64 bits per heavy atom. The Labute approximate surface area is 65.7 Å². The first-order valence-corrected chi connectivity index (χ1v) is 3.06. The molecule has 0 saturated heterocycles. The van der Waals surface area contributed by atoms with Gasteiger partial charge in [-0.3, -0.25) is 9.79 Å². The van der Waals surface area contributed by atoms with E-state index in [2.05, 4.69) is 22.0 Å². The molecule has 4 nitrogen and oxygen atoms in total. The Balaban J connectivity index is 4.33. The molecule has 0 aromatic heterocycles. The molecule has 1 amide bonds. The lowest BCUT2D eigenvalue weighted by Gasteiger charge is -1.96. The molecule has 0 radical (unpaired) electrons. The summed E-state index contributed by atoms with van der Waals surface area (Å²) in [6.07, 6.45) is 2.17. The quantitative estimate of drug-likeness (QED) is 0.460. The molecule has 0 spiro atoms. The molecule has 0 unspecified atom stereocenters. The summed E-state index contributed by atoms with van der Waals surface area (Å²) < 4.78 is 0. The van der Waals surface area contributed by atoms with Crippen molar-refractivity contribution in [2.24, 2.45) is 9.98 Å². The van der Waals surface area contributed by atoms with Crippen LogP contribution in [-0.4, -0.2) is 25.9 Å². The Hall–Kier alpha value is -1.45. The molecule has 0 aliphatic carbocycles. The van der Waals surface area contributed by atoms with Gasteiger partial charge in [-0.2, -0.15) is 0 Å². The van der Waals surface area contributed by atoms with Gasteiger partial charge < -0.3 is 5.32 Å². The molecule has 4 heteroatoms. The van der Waals surface area contributed by atoms with Crippen LogP contribution in [0.4, 0.5) is 0 Å². The fourth-order valence-corrected chi connectivity index (χ4v) is 0.456. The van der Waals surface area contributed by atoms with Gasteiger partial charge in [0.05, 0.1) is 0 Å². The zero-order chi connectivity index (χ0) is 8.69. The van der Waals surface area contributed by atoms with Crippen LogP contribution in [0.25, 0.3) is 0 Å². The smallest absolute Gasteiger partial charge is 0.212 e. The number of hydrogen-bond donors (Lipinski definition) is 1. The molecule has 0 bridgehead atoms. The van der Waals surface area contributed by atoms with Gasteiger partial charge in [-0.1, -0.05) is 0 Å². The molecule has 0 aliphatic heterocycles. The molecule has 0 heterocycles. The highest BCUT2D eigenvalue weighted by atomic mass is 16.1. The van der Waals surface area contributed by atoms with Crippen molar-refractivity contribution in [1.29, 1.82) is 0 Å². The number of hydrogen-bond acceptors (Lipinski definition) is 3. The van der Waals surface area contributed by atoms with Crippen LogP contribution in [0.1, 0.15) is 6.92 Å². The number of carbonyl (C=O) groups excluding carboxylic acids is 1. The summed E-state index contributed by atoms with van der Waals surface area (Å²) in [7, 11) is 1.66. The van der Waals surface area contributed by atoms with Crippen molar-refractivity contribution in [2.45, 2.75) is 6.92 Å². The van der Waals surface area contributed by atoms with Crippen molar-refractivity contribution in [2.75, 3.05) is 7.05 Å². The average Bonchev–Trinajstić information content (AvgIpc) is 2.03. The molecule has 11 heavy (non-hydrogen) atoms. The predicted molar refractivity (Wildman–Crippen MR) is 45.9 cm³/mol. The van der Waals surface area contributed by atoms with Crippen molar-refractivity contribution >= 4 is 18.8 Å². The lowest BCUT2D eigenvalue weighted by atomic mass is 10.4. The Bertz CT molecular complexity index is 206. The normalized spacial score (nSPS) is 12.5.